The number of carboxylic acid groups (broad SMARTS) is 1. The number of nitrogens with one attached hydrogen (secondary N) is 2. The summed E-state index contributed by atoms with van der Waals surface area (Å²) in [6.45, 7) is 5.45. The highest BCUT2D eigenvalue weighted by Crippen LogP contribution is 2.17. The van der Waals surface area contributed by atoms with Gasteiger partial charge in [0.1, 0.15) is 0 Å². The molecule has 0 aromatic heterocycles. The lowest BCUT2D eigenvalue weighted by Crippen LogP contribution is -2.35. The summed E-state index contributed by atoms with van der Waals surface area (Å²) in [5.74, 6) is -1.67. The van der Waals surface area contributed by atoms with Crippen LogP contribution in [0.1, 0.15) is 35.3 Å². The Balaban J connectivity index is 2.00. The van der Waals surface area contributed by atoms with E-state index in [4.69, 9.17) is 5.11 Å². The van der Waals surface area contributed by atoms with Gasteiger partial charge in [0.05, 0.1) is 5.92 Å². The van der Waals surface area contributed by atoms with Crippen molar-refractivity contribution in [2.24, 2.45) is 11.8 Å². The molecule has 1 atom stereocenters. The van der Waals surface area contributed by atoms with Gasteiger partial charge in [0.25, 0.3) is 5.91 Å². The third-order valence-electron chi connectivity index (χ3n) is 3.70. The van der Waals surface area contributed by atoms with Crippen LogP contribution in [-0.4, -0.2) is 23.5 Å². The summed E-state index contributed by atoms with van der Waals surface area (Å²) >= 11 is 0. The number of carbonyl (C=O) groups excluding carboxylic acids is 1. The van der Waals surface area contributed by atoms with E-state index in [0.29, 0.717) is 5.56 Å². The maximum Gasteiger partial charge on any atom is 0.308 e. The minimum atomic E-state index is -0.876. The highest BCUT2D eigenvalue weighted by Gasteiger charge is 2.22. The van der Waals surface area contributed by atoms with Gasteiger partial charge in [-0.2, -0.15) is 0 Å². The largest absolute Gasteiger partial charge is 0.481 e. The molecule has 0 radical (unpaired) electrons. The SMILES string of the molecule is CC(C)C(CNC(=O)c1ccc2c(c1)CNC2)C(=O)O. The third kappa shape index (κ3) is 3.17. The molecule has 0 saturated heterocycles. The van der Waals surface area contributed by atoms with Crippen molar-refractivity contribution in [3.8, 4) is 0 Å². The first kappa shape index (κ1) is 14.5. The molecule has 0 saturated carbocycles. The van der Waals surface area contributed by atoms with Gasteiger partial charge in [-0.3, -0.25) is 9.59 Å². The summed E-state index contributed by atoms with van der Waals surface area (Å²) in [7, 11) is 0. The van der Waals surface area contributed by atoms with Crippen LogP contribution in [0, 0.1) is 11.8 Å². The first-order valence-corrected chi connectivity index (χ1v) is 6.82. The van der Waals surface area contributed by atoms with Crippen LogP contribution in [-0.2, 0) is 17.9 Å². The zero-order valence-corrected chi connectivity index (χ0v) is 11.8. The smallest absolute Gasteiger partial charge is 0.308 e. The van der Waals surface area contributed by atoms with Gasteiger partial charge in [0, 0.05) is 25.2 Å². The van der Waals surface area contributed by atoms with Crippen LogP contribution < -0.4 is 10.6 Å². The lowest BCUT2D eigenvalue weighted by Gasteiger charge is -2.16. The predicted octanol–water partition coefficient (Wildman–Crippen LogP) is 1.38. The molecule has 1 aliphatic rings. The molecule has 0 bridgehead atoms. The van der Waals surface area contributed by atoms with Crippen molar-refractivity contribution in [3.63, 3.8) is 0 Å². The Bertz CT molecular complexity index is 526. The van der Waals surface area contributed by atoms with Crippen molar-refractivity contribution in [3.05, 3.63) is 34.9 Å². The van der Waals surface area contributed by atoms with E-state index in [1.165, 1.54) is 5.56 Å². The fourth-order valence-electron chi connectivity index (χ4n) is 2.35. The highest BCUT2D eigenvalue weighted by atomic mass is 16.4. The van der Waals surface area contributed by atoms with Crippen LogP contribution in [0.2, 0.25) is 0 Å². The van der Waals surface area contributed by atoms with Gasteiger partial charge in [-0.25, -0.2) is 0 Å². The van der Waals surface area contributed by atoms with E-state index >= 15 is 0 Å². The maximum atomic E-state index is 12.1. The lowest BCUT2D eigenvalue weighted by atomic mass is 9.96. The average molecular weight is 276 g/mol. The van der Waals surface area contributed by atoms with Crippen LogP contribution >= 0.6 is 0 Å². The number of carbonyl (C=O) groups is 2. The molecule has 3 N–H and O–H groups in total. The average Bonchev–Trinajstić information content (AvgIpc) is 2.84. The van der Waals surface area contributed by atoms with E-state index in [9.17, 15) is 9.59 Å². The van der Waals surface area contributed by atoms with Gasteiger partial charge in [0.15, 0.2) is 0 Å². The predicted molar refractivity (Wildman–Crippen MR) is 75.3 cm³/mol. The van der Waals surface area contributed by atoms with Crippen molar-refractivity contribution in [2.45, 2.75) is 26.9 Å². The molecule has 5 heteroatoms. The molecule has 5 nitrogen and oxygen atoms in total. The standard InChI is InChI=1S/C15H20N2O3/c1-9(2)13(15(19)20)8-17-14(18)10-3-4-11-6-16-7-12(11)5-10/h3-5,9,13,16H,6-8H2,1-2H3,(H,17,18)(H,19,20). The van der Waals surface area contributed by atoms with Crippen LogP contribution in [0.15, 0.2) is 18.2 Å². The number of carboxylic acids is 1. The van der Waals surface area contributed by atoms with E-state index in [0.717, 1.165) is 18.7 Å². The van der Waals surface area contributed by atoms with Crippen molar-refractivity contribution < 1.29 is 14.7 Å². The molecule has 108 valence electrons. The summed E-state index contributed by atoms with van der Waals surface area (Å²) < 4.78 is 0. The Labute approximate surface area is 118 Å². The van der Waals surface area contributed by atoms with Crippen LogP contribution in [0.25, 0.3) is 0 Å². The number of amides is 1. The Morgan fingerprint density at radius 1 is 1.30 bits per heavy atom. The van der Waals surface area contributed by atoms with Crippen molar-refractivity contribution in [1.82, 2.24) is 10.6 Å². The van der Waals surface area contributed by atoms with Crippen molar-refractivity contribution in [2.75, 3.05) is 6.54 Å². The molecule has 0 fully saturated rings. The van der Waals surface area contributed by atoms with Crippen molar-refractivity contribution in [1.29, 1.82) is 0 Å². The number of hydrogen-bond acceptors (Lipinski definition) is 3. The minimum absolute atomic E-state index is 0.0166. The first-order valence-electron chi connectivity index (χ1n) is 6.82. The monoisotopic (exact) mass is 276 g/mol. The second-order valence-corrected chi connectivity index (χ2v) is 5.49. The summed E-state index contributed by atoms with van der Waals surface area (Å²) in [5, 5.41) is 15.0. The lowest BCUT2D eigenvalue weighted by molar-refractivity contribution is -0.142. The molecular weight excluding hydrogens is 256 g/mol. The Kier molecular flexibility index (Phi) is 4.39. The van der Waals surface area contributed by atoms with Gasteiger partial charge in [-0.1, -0.05) is 19.9 Å². The van der Waals surface area contributed by atoms with Gasteiger partial charge in [0.2, 0.25) is 0 Å². The van der Waals surface area contributed by atoms with Crippen molar-refractivity contribution >= 4 is 11.9 Å². The van der Waals surface area contributed by atoms with Gasteiger partial charge >= 0.3 is 5.97 Å². The number of hydrogen-bond donors (Lipinski definition) is 3. The minimum Gasteiger partial charge on any atom is -0.481 e. The summed E-state index contributed by atoms with van der Waals surface area (Å²) in [6, 6.07) is 5.60. The number of fused-ring (bicyclic) bond motifs is 1. The summed E-state index contributed by atoms with van der Waals surface area (Å²) in [5.41, 5.74) is 2.93. The fourth-order valence-corrected chi connectivity index (χ4v) is 2.35. The molecule has 1 amide bonds. The second-order valence-electron chi connectivity index (χ2n) is 5.49. The van der Waals surface area contributed by atoms with E-state index in [1.807, 2.05) is 26.0 Å². The zero-order valence-electron chi connectivity index (χ0n) is 11.8. The van der Waals surface area contributed by atoms with Gasteiger partial charge in [-0.05, 0) is 29.2 Å². The van der Waals surface area contributed by atoms with E-state index in [2.05, 4.69) is 10.6 Å². The quantitative estimate of drug-likeness (QED) is 0.759. The fraction of sp³-hybridized carbons (Fsp3) is 0.467. The third-order valence-corrected chi connectivity index (χ3v) is 3.70. The van der Waals surface area contributed by atoms with Crippen LogP contribution in [0.4, 0.5) is 0 Å². The van der Waals surface area contributed by atoms with E-state index in [1.54, 1.807) is 6.07 Å². The number of benzene rings is 1. The maximum absolute atomic E-state index is 12.1. The first-order chi connectivity index (χ1) is 9.49. The van der Waals surface area contributed by atoms with Gasteiger partial charge in [-0.15, -0.1) is 0 Å². The van der Waals surface area contributed by atoms with Gasteiger partial charge < -0.3 is 15.7 Å². The molecule has 20 heavy (non-hydrogen) atoms. The molecule has 1 aromatic rings. The second kappa shape index (κ2) is 6.05. The summed E-state index contributed by atoms with van der Waals surface area (Å²) in [4.78, 5) is 23.2. The topological polar surface area (TPSA) is 78.4 Å². The molecular formula is C15H20N2O3. The Morgan fingerprint density at radius 2 is 2.00 bits per heavy atom. The molecule has 2 rings (SSSR count). The molecule has 1 aliphatic heterocycles. The molecule has 1 aromatic carbocycles. The number of aliphatic carboxylic acids is 1. The molecule has 0 spiro atoms. The van der Waals surface area contributed by atoms with E-state index < -0.39 is 11.9 Å². The summed E-state index contributed by atoms with van der Waals surface area (Å²) in [6.07, 6.45) is 0. The van der Waals surface area contributed by atoms with Crippen LogP contribution in [0.3, 0.4) is 0 Å². The zero-order chi connectivity index (χ0) is 14.7. The molecule has 1 heterocycles. The van der Waals surface area contributed by atoms with Crippen LogP contribution in [0.5, 0.6) is 0 Å². The number of rotatable bonds is 5. The highest BCUT2D eigenvalue weighted by molar-refractivity contribution is 5.94. The normalized spacial score (nSPS) is 14.9. The van der Waals surface area contributed by atoms with E-state index in [-0.39, 0.29) is 18.4 Å². The Morgan fingerprint density at radius 3 is 2.65 bits per heavy atom. The molecule has 0 aliphatic carbocycles. The molecule has 1 unspecified atom stereocenters. The Hall–Kier alpha value is -1.88.